The van der Waals surface area contributed by atoms with Crippen molar-refractivity contribution in [2.75, 3.05) is 40.3 Å². The molecule has 7 nitrogen and oxygen atoms in total. The van der Waals surface area contributed by atoms with Gasteiger partial charge in [0, 0.05) is 37.5 Å². The number of hydrogen-bond donors (Lipinski definition) is 1. The molecule has 0 saturated carbocycles. The van der Waals surface area contributed by atoms with Crippen molar-refractivity contribution >= 4 is 11.8 Å². The highest BCUT2D eigenvalue weighted by atomic mass is 16.5. The van der Waals surface area contributed by atoms with Crippen LogP contribution in [-0.4, -0.2) is 66.9 Å². The SMILES string of the molecule is C[C@@H]1CN(C(=O)c2ccnc(OCCN(C)C)c2)C[C@H]1C(N)=O. The van der Waals surface area contributed by atoms with Crippen LogP contribution in [0.2, 0.25) is 0 Å². The van der Waals surface area contributed by atoms with Crippen molar-refractivity contribution in [1.29, 1.82) is 0 Å². The molecule has 126 valence electrons. The maximum absolute atomic E-state index is 12.6. The number of primary amides is 1. The van der Waals surface area contributed by atoms with E-state index in [1.165, 1.54) is 0 Å². The number of rotatable bonds is 6. The number of pyridine rings is 1. The van der Waals surface area contributed by atoms with Gasteiger partial charge < -0.3 is 20.3 Å². The minimum absolute atomic E-state index is 0.0779. The van der Waals surface area contributed by atoms with Gasteiger partial charge in [0.1, 0.15) is 6.61 Å². The van der Waals surface area contributed by atoms with E-state index in [2.05, 4.69) is 4.98 Å². The van der Waals surface area contributed by atoms with E-state index in [9.17, 15) is 9.59 Å². The van der Waals surface area contributed by atoms with Gasteiger partial charge in [-0.3, -0.25) is 9.59 Å². The molecule has 2 rings (SSSR count). The highest BCUT2D eigenvalue weighted by Gasteiger charge is 2.36. The molecule has 0 spiro atoms. The number of nitrogens with two attached hydrogens (primary N) is 1. The Kier molecular flexibility index (Phi) is 5.54. The van der Waals surface area contributed by atoms with Gasteiger partial charge >= 0.3 is 0 Å². The minimum atomic E-state index is -0.352. The Balaban J connectivity index is 2.01. The lowest BCUT2D eigenvalue weighted by Crippen LogP contribution is -2.32. The Morgan fingerprint density at radius 1 is 1.43 bits per heavy atom. The zero-order valence-electron chi connectivity index (χ0n) is 13.9. The van der Waals surface area contributed by atoms with Crippen molar-refractivity contribution in [3.05, 3.63) is 23.9 Å². The van der Waals surface area contributed by atoms with E-state index in [4.69, 9.17) is 10.5 Å². The number of nitrogens with zero attached hydrogens (tertiary/aromatic N) is 3. The lowest BCUT2D eigenvalue weighted by Gasteiger charge is -2.16. The van der Waals surface area contributed by atoms with Gasteiger partial charge in [0.05, 0.1) is 5.92 Å². The second kappa shape index (κ2) is 7.41. The molecular weight excluding hydrogens is 296 g/mol. The van der Waals surface area contributed by atoms with Gasteiger partial charge in [-0.25, -0.2) is 4.98 Å². The molecule has 1 saturated heterocycles. The monoisotopic (exact) mass is 320 g/mol. The summed E-state index contributed by atoms with van der Waals surface area (Å²) in [6.07, 6.45) is 1.56. The van der Waals surface area contributed by atoms with Crippen molar-refractivity contribution in [3.8, 4) is 5.88 Å². The van der Waals surface area contributed by atoms with Crippen LogP contribution in [0, 0.1) is 11.8 Å². The van der Waals surface area contributed by atoms with E-state index in [0.717, 1.165) is 6.54 Å². The van der Waals surface area contributed by atoms with Gasteiger partial charge in [-0.2, -0.15) is 0 Å². The fourth-order valence-corrected chi connectivity index (χ4v) is 2.64. The molecular formula is C16H24N4O3. The highest BCUT2D eigenvalue weighted by molar-refractivity contribution is 5.95. The number of carbonyl (C=O) groups is 2. The van der Waals surface area contributed by atoms with Crippen LogP contribution in [0.1, 0.15) is 17.3 Å². The summed E-state index contributed by atoms with van der Waals surface area (Å²) in [6.45, 7) is 4.11. The predicted molar refractivity (Wildman–Crippen MR) is 86.0 cm³/mol. The van der Waals surface area contributed by atoms with Crippen molar-refractivity contribution in [3.63, 3.8) is 0 Å². The summed E-state index contributed by atoms with van der Waals surface area (Å²) in [5.41, 5.74) is 5.89. The summed E-state index contributed by atoms with van der Waals surface area (Å²) in [6, 6.07) is 3.30. The molecule has 0 radical (unpaired) electrons. The Labute approximate surface area is 136 Å². The minimum Gasteiger partial charge on any atom is -0.476 e. The molecule has 0 aromatic carbocycles. The molecule has 0 bridgehead atoms. The molecule has 0 aliphatic carbocycles. The molecule has 23 heavy (non-hydrogen) atoms. The van der Waals surface area contributed by atoms with Crippen LogP contribution in [0.3, 0.4) is 0 Å². The Morgan fingerprint density at radius 2 is 2.17 bits per heavy atom. The summed E-state index contributed by atoms with van der Waals surface area (Å²) in [5, 5.41) is 0. The number of aromatic nitrogens is 1. The fraction of sp³-hybridized carbons (Fsp3) is 0.562. The first-order valence-corrected chi connectivity index (χ1v) is 7.70. The van der Waals surface area contributed by atoms with Crippen molar-refractivity contribution in [1.82, 2.24) is 14.8 Å². The Morgan fingerprint density at radius 3 is 2.78 bits per heavy atom. The zero-order valence-corrected chi connectivity index (χ0v) is 13.9. The quantitative estimate of drug-likeness (QED) is 0.810. The summed E-state index contributed by atoms with van der Waals surface area (Å²) >= 11 is 0. The third-order valence-corrected chi connectivity index (χ3v) is 4.04. The average Bonchev–Trinajstić information content (AvgIpc) is 2.88. The fourth-order valence-electron chi connectivity index (χ4n) is 2.64. The average molecular weight is 320 g/mol. The molecule has 2 N–H and O–H groups in total. The summed E-state index contributed by atoms with van der Waals surface area (Å²) in [4.78, 5) is 31.8. The van der Waals surface area contributed by atoms with E-state index in [1.54, 1.807) is 23.2 Å². The van der Waals surface area contributed by atoms with Crippen LogP contribution in [0.15, 0.2) is 18.3 Å². The number of likely N-dealkylation sites (N-methyl/N-ethyl adjacent to an activating group) is 1. The third kappa shape index (κ3) is 4.41. The van der Waals surface area contributed by atoms with Crippen LogP contribution < -0.4 is 10.5 Å². The van der Waals surface area contributed by atoms with E-state index in [-0.39, 0.29) is 23.7 Å². The van der Waals surface area contributed by atoms with Crippen molar-refractivity contribution in [2.24, 2.45) is 17.6 Å². The number of likely N-dealkylation sites (tertiary alicyclic amines) is 1. The molecule has 1 aliphatic heterocycles. The van der Waals surface area contributed by atoms with Gasteiger partial charge in [-0.05, 0) is 26.1 Å². The predicted octanol–water partition coefficient (Wildman–Crippen LogP) is 0.215. The second-order valence-electron chi connectivity index (χ2n) is 6.23. The smallest absolute Gasteiger partial charge is 0.254 e. The molecule has 1 aliphatic rings. The van der Waals surface area contributed by atoms with E-state index >= 15 is 0 Å². The Bertz CT molecular complexity index is 576. The molecule has 1 aromatic rings. The summed E-state index contributed by atoms with van der Waals surface area (Å²) in [7, 11) is 3.92. The lowest BCUT2D eigenvalue weighted by atomic mass is 9.98. The number of hydrogen-bond acceptors (Lipinski definition) is 5. The van der Waals surface area contributed by atoms with Gasteiger partial charge in [-0.1, -0.05) is 6.92 Å². The van der Waals surface area contributed by atoms with Crippen LogP contribution >= 0.6 is 0 Å². The van der Waals surface area contributed by atoms with Gasteiger partial charge in [0.15, 0.2) is 0 Å². The Hall–Kier alpha value is -2.15. The maximum atomic E-state index is 12.6. The normalized spacial score (nSPS) is 20.8. The van der Waals surface area contributed by atoms with Crippen LogP contribution in [0.4, 0.5) is 0 Å². The van der Waals surface area contributed by atoms with Crippen LogP contribution in [0.25, 0.3) is 0 Å². The largest absolute Gasteiger partial charge is 0.476 e. The summed E-state index contributed by atoms with van der Waals surface area (Å²) < 4.78 is 5.55. The lowest BCUT2D eigenvalue weighted by molar-refractivity contribution is -0.122. The first kappa shape index (κ1) is 17.2. The molecule has 0 unspecified atom stereocenters. The van der Waals surface area contributed by atoms with Gasteiger partial charge in [0.25, 0.3) is 5.91 Å². The molecule has 1 aromatic heterocycles. The summed E-state index contributed by atoms with van der Waals surface area (Å²) in [5.74, 6) is -0.252. The van der Waals surface area contributed by atoms with Crippen LogP contribution in [-0.2, 0) is 4.79 Å². The third-order valence-electron chi connectivity index (χ3n) is 4.04. The molecule has 7 heteroatoms. The maximum Gasteiger partial charge on any atom is 0.254 e. The number of ether oxygens (including phenoxy) is 1. The van der Waals surface area contributed by atoms with Gasteiger partial charge in [0.2, 0.25) is 11.8 Å². The topological polar surface area (TPSA) is 88.8 Å². The van der Waals surface area contributed by atoms with Crippen LogP contribution in [0.5, 0.6) is 5.88 Å². The van der Waals surface area contributed by atoms with E-state index < -0.39 is 0 Å². The first-order chi connectivity index (χ1) is 10.9. The van der Waals surface area contributed by atoms with Gasteiger partial charge in [-0.15, -0.1) is 0 Å². The molecule has 2 heterocycles. The van der Waals surface area contributed by atoms with E-state index in [1.807, 2.05) is 25.9 Å². The second-order valence-corrected chi connectivity index (χ2v) is 6.23. The first-order valence-electron chi connectivity index (χ1n) is 7.70. The highest BCUT2D eigenvalue weighted by Crippen LogP contribution is 2.24. The van der Waals surface area contributed by atoms with Crippen molar-refractivity contribution in [2.45, 2.75) is 6.92 Å². The standard InChI is InChI=1S/C16H24N4O3/c1-11-9-20(10-13(11)15(17)21)16(22)12-4-5-18-14(8-12)23-7-6-19(2)3/h4-5,8,11,13H,6-7,9-10H2,1-3H3,(H2,17,21)/t11-,13-/m1/s1. The molecule has 2 amide bonds. The van der Waals surface area contributed by atoms with Crippen molar-refractivity contribution < 1.29 is 14.3 Å². The number of carbonyl (C=O) groups excluding carboxylic acids is 2. The van der Waals surface area contributed by atoms with E-state index in [0.29, 0.717) is 31.1 Å². The molecule has 2 atom stereocenters. The molecule has 1 fully saturated rings. The zero-order chi connectivity index (χ0) is 17.0. The number of amides is 2.